The maximum atomic E-state index is 12.8. The van der Waals surface area contributed by atoms with E-state index in [1.165, 1.54) is 0 Å². The van der Waals surface area contributed by atoms with E-state index in [9.17, 15) is 27.7 Å². The van der Waals surface area contributed by atoms with Gasteiger partial charge in [-0.3, -0.25) is 10.1 Å². The highest BCUT2D eigenvalue weighted by atomic mass is 19.3. The normalized spacial score (nSPS) is 12.8. The topological polar surface area (TPSA) is 69.2 Å². The van der Waals surface area contributed by atoms with E-state index in [2.05, 4.69) is 0 Å². The van der Waals surface area contributed by atoms with Crippen LogP contribution in [0.2, 0.25) is 0 Å². The lowest BCUT2D eigenvalue weighted by molar-refractivity contribution is -0.385. The summed E-state index contributed by atoms with van der Waals surface area (Å²) in [5.41, 5.74) is 3.89. The van der Waals surface area contributed by atoms with Gasteiger partial charge in [-0.1, -0.05) is 0 Å². The summed E-state index contributed by atoms with van der Waals surface area (Å²) in [6.07, 6.45) is -3.51. The third kappa shape index (κ3) is 3.13. The molecule has 1 aromatic rings. The van der Waals surface area contributed by atoms with E-state index in [4.69, 9.17) is 5.73 Å². The van der Waals surface area contributed by atoms with Crippen molar-refractivity contribution >= 4 is 5.69 Å². The Morgan fingerprint density at radius 1 is 1.29 bits per heavy atom. The molecular weight excluding hydrogens is 244 g/mol. The molecule has 1 aromatic carbocycles. The number of benzene rings is 1. The van der Waals surface area contributed by atoms with Gasteiger partial charge >= 0.3 is 0 Å². The smallest absolute Gasteiger partial charge is 0.275 e. The molecule has 0 bridgehead atoms. The molecule has 0 aliphatic heterocycles. The first-order chi connectivity index (χ1) is 7.82. The molecule has 0 saturated carbocycles. The largest absolute Gasteiger partial charge is 0.323 e. The number of nitrogens with zero attached hydrogens (tertiary/aromatic N) is 1. The van der Waals surface area contributed by atoms with Gasteiger partial charge in [-0.2, -0.15) is 0 Å². The first-order valence-electron chi connectivity index (χ1n) is 4.49. The Hall–Kier alpha value is -1.70. The maximum Gasteiger partial charge on any atom is 0.275 e. The van der Waals surface area contributed by atoms with Crippen molar-refractivity contribution in [3.05, 3.63) is 39.4 Å². The molecule has 17 heavy (non-hydrogen) atoms. The van der Waals surface area contributed by atoms with Crippen molar-refractivity contribution in [2.45, 2.75) is 18.9 Å². The van der Waals surface area contributed by atoms with Crippen LogP contribution in [0, 0.1) is 21.7 Å². The van der Waals surface area contributed by atoms with Gasteiger partial charge in [-0.15, -0.1) is 0 Å². The highest BCUT2D eigenvalue weighted by molar-refractivity contribution is 5.41. The zero-order valence-corrected chi connectivity index (χ0v) is 8.37. The lowest BCUT2D eigenvalue weighted by Gasteiger charge is -2.10. The number of alkyl halides is 2. The van der Waals surface area contributed by atoms with Gasteiger partial charge in [0.25, 0.3) is 12.1 Å². The van der Waals surface area contributed by atoms with Gasteiger partial charge < -0.3 is 5.73 Å². The Morgan fingerprint density at radius 3 is 2.29 bits per heavy atom. The Kier molecular flexibility index (Phi) is 4.00. The number of nitro groups is 1. The molecule has 0 amide bonds. The Morgan fingerprint density at radius 2 is 1.82 bits per heavy atom. The summed E-state index contributed by atoms with van der Waals surface area (Å²) in [5.74, 6) is -2.75. The van der Waals surface area contributed by atoms with Gasteiger partial charge in [0.15, 0.2) is 11.6 Å². The molecule has 0 fully saturated rings. The second kappa shape index (κ2) is 5.09. The predicted molar refractivity (Wildman–Crippen MR) is 50.7 cm³/mol. The number of hydrogen-bond acceptors (Lipinski definition) is 3. The second-order valence-electron chi connectivity index (χ2n) is 3.35. The fourth-order valence-corrected chi connectivity index (χ4v) is 1.25. The molecule has 0 saturated heterocycles. The van der Waals surface area contributed by atoms with Crippen molar-refractivity contribution < 1.29 is 22.5 Å². The SMILES string of the molecule is NC(Cc1cc(F)c(F)cc1[N+](=O)[O-])C(F)F. The average Bonchev–Trinajstić information content (AvgIpc) is 2.22. The molecule has 1 atom stereocenters. The van der Waals surface area contributed by atoms with Gasteiger partial charge in [-0.25, -0.2) is 17.6 Å². The van der Waals surface area contributed by atoms with Crippen LogP contribution >= 0.6 is 0 Å². The van der Waals surface area contributed by atoms with Crippen LogP contribution in [0.25, 0.3) is 0 Å². The molecule has 8 heteroatoms. The number of hydrogen-bond donors (Lipinski definition) is 1. The van der Waals surface area contributed by atoms with Gasteiger partial charge in [0.2, 0.25) is 0 Å². The monoisotopic (exact) mass is 252 g/mol. The van der Waals surface area contributed by atoms with Crippen LogP contribution in [-0.2, 0) is 6.42 Å². The van der Waals surface area contributed by atoms with E-state index < -0.39 is 41.1 Å². The minimum Gasteiger partial charge on any atom is -0.323 e. The molecule has 0 aliphatic rings. The van der Waals surface area contributed by atoms with Crippen LogP contribution in [0.1, 0.15) is 5.56 Å². The summed E-state index contributed by atoms with van der Waals surface area (Å²) in [6.45, 7) is 0. The van der Waals surface area contributed by atoms with Crippen molar-refractivity contribution in [1.29, 1.82) is 0 Å². The second-order valence-corrected chi connectivity index (χ2v) is 3.35. The Balaban J connectivity index is 3.13. The lowest BCUT2D eigenvalue weighted by atomic mass is 10.0. The van der Waals surface area contributed by atoms with Crippen molar-refractivity contribution in [2.24, 2.45) is 5.73 Å². The third-order valence-electron chi connectivity index (χ3n) is 2.10. The van der Waals surface area contributed by atoms with Crippen LogP contribution in [0.5, 0.6) is 0 Å². The Labute approximate surface area is 93.2 Å². The number of halogens is 4. The molecule has 94 valence electrons. The van der Waals surface area contributed by atoms with Gasteiger partial charge in [0.1, 0.15) is 0 Å². The molecule has 2 N–H and O–H groups in total. The fraction of sp³-hybridized carbons (Fsp3) is 0.333. The van der Waals surface area contributed by atoms with Gasteiger partial charge in [0.05, 0.1) is 17.0 Å². The zero-order valence-electron chi connectivity index (χ0n) is 8.37. The van der Waals surface area contributed by atoms with Gasteiger partial charge in [0, 0.05) is 5.56 Å². The summed E-state index contributed by atoms with van der Waals surface area (Å²) in [6, 6.07) is -0.808. The van der Waals surface area contributed by atoms with E-state index in [1.807, 2.05) is 0 Å². The van der Waals surface area contributed by atoms with E-state index in [-0.39, 0.29) is 5.56 Å². The van der Waals surface area contributed by atoms with Crippen molar-refractivity contribution in [3.63, 3.8) is 0 Å². The summed E-state index contributed by atoms with van der Waals surface area (Å²) in [4.78, 5) is 9.55. The first-order valence-corrected chi connectivity index (χ1v) is 4.49. The minimum absolute atomic E-state index is 0.350. The van der Waals surface area contributed by atoms with Crippen LogP contribution < -0.4 is 5.73 Å². The summed E-state index contributed by atoms with van der Waals surface area (Å²) in [5, 5.41) is 10.5. The average molecular weight is 252 g/mol. The highest BCUT2D eigenvalue weighted by Crippen LogP contribution is 2.24. The summed E-state index contributed by atoms with van der Waals surface area (Å²) >= 11 is 0. The fourth-order valence-electron chi connectivity index (χ4n) is 1.25. The van der Waals surface area contributed by atoms with Crippen LogP contribution in [-0.4, -0.2) is 17.4 Å². The van der Waals surface area contributed by atoms with Crippen molar-refractivity contribution in [3.8, 4) is 0 Å². The number of nitro benzene ring substituents is 1. The summed E-state index contributed by atoms with van der Waals surface area (Å²) < 4.78 is 49.9. The van der Waals surface area contributed by atoms with Crippen LogP contribution in [0.15, 0.2) is 12.1 Å². The molecule has 0 radical (unpaired) electrons. The minimum atomic E-state index is -2.90. The zero-order chi connectivity index (χ0) is 13.2. The molecular formula is C9H8F4N2O2. The first kappa shape index (κ1) is 13.4. The van der Waals surface area contributed by atoms with Crippen molar-refractivity contribution in [2.75, 3.05) is 0 Å². The van der Waals surface area contributed by atoms with E-state index in [0.29, 0.717) is 12.1 Å². The standard InChI is InChI=1S/C9H8F4N2O2/c10-5-1-4(2-7(14)9(12)13)8(15(16)17)3-6(5)11/h1,3,7,9H,2,14H2. The molecule has 0 aromatic heterocycles. The highest BCUT2D eigenvalue weighted by Gasteiger charge is 2.23. The predicted octanol–water partition coefficient (Wildman–Crippen LogP) is 2.01. The molecule has 0 aliphatic carbocycles. The van der Waals surface area contributed by atoms with E-state index in [0.717, 1.165) is 0 Å². The van der Waals surface area contributed by atoms with Crippen LogP contribution in [0.4, 0.5) is 23.2 Å². The van der Waals surface area contributed by atoms with E-state index in [1.54, 1.807) is 0 Å². The van der Waals surface area contributed by atoms with Gasteiger partial charge in [-0.05, 0) is 12.5 Å². The van der Waals surface area contributed by atoms with Crippen LogP contribution in [0.3, 0.4) is 0 Å². The molecule has 0 heterocycles. The quantitative estimate of drug-likeness (QED) is 0.506. The summed E-state index contributed by atoms with van der Waals surface area (Å²) in [7, 11) is 0. The Bertz CT molecular complexity index is 439. The van der Waals surface area contributed by atoms with E-state index >= 15 is 0 Å². The number of nitrogens with two attached hydrogens (primary N) is 1. The van der Waals surface area contributed by atoms with Crippen molar-refractivity contribution in [1.82, 2.24) is 0 Å². The lowest BCUT2D eigenvalue weighted by Crippen LogP contribution is -2.31. The molecule has 0 spiro atoms. The maximum absolute atomic E-state index is 12.8. The molecule has 1 unspecified atom stereocenters. The molecule has 1 rings (SSSR count). The molecule has 4 nitrogen and oxygen atoms in total. The third-order valence-corrected chi connectivity index (χ3v) is 2.10. The number of rotatable bonds is 4.